The van der Waals surface area contributed by atoms with Crippen LogP contribution in [0.2, 0.25) is 0 Å². The topological polar surface area (TPSA) is 91.4 Å². The third-order valence-corrected chi connectivity index (χ3v) is 7.28. The average Bonchev–Trinajstić information content (AvgIpc) is 2.91. The Balaban J connectivity index is 1.29. The van der Waals surface area contributed by atoms with Crippen LogP contribution in [-0.4, -0.2) is 35.1 Å². The largest absolute Gasteiger partial charge is 0.451 e. The van der Waals surface area contributed by atoms with Gasteiger partial charge in [-0.05, 0) is 88.0 Å². The smallest absolute Gasteiger partial charge is 0.355 e. The van der Waals surface area contributed by atoms with E-state index in [1.54, 1.807) is 13.8 Å². The number of hydrogen-bond acceptors (Lipinski definition) is 4. The van der Waals surface area contributed by atoms with Crippen LogP contribution in [0.3, 0.4) is 0 Å². The van der Waals surface area contributed by atoms with Gasteiger partial charge in [0, 0.05) is 17.8 Å². The van der Waals surface area contributed by atoms with Gasteiger partial charge in [-0.15, -0.1) is 0 Å². The molecular weight excluding hydrogens is 356 g/mol. The van der Waals surface area contributed by atoms with Crippen LogP contribution >= 0.6 is 0 Å². The number of nitrogens with one attached hydrogen (secondary N) is 2. The van der Waals surface area contributed by atoms with Gasteiger partial charge in [-0.25, -0.2) is 4.79 Å². The molecule has 0 aromatic carbocycles. The number of rotatable bonds is 6. The molecule has 4 fully saturated rings. The van der Waals surface area contributed by atoms with E-state index in [4.69, 9.17) is 4.74 Å². The lowest BCUT2D eigenvalue weighted by atomic mass is 9.49. The van der Waals surface area contributed by atoms with Crippen molar-refractivity contribution in [2.24, 2.45) is 23.2 Å². The number of aromatic amines is 1. The number of ether oxygens (including phenoxy) is 1. The molecule has 4 aliphatic carbocycles. The minimum Gasteiger partial charge on any atom is -0.451 e. The van der Waals surface area contributed by atoms with Crippen molar-refractivity contribution in [3.8, 4) is 0 Å². The van der Waals surface area contributed by atoms with Gasteiger partial charge < -0.3 is 20.1 Å². The molecule has 0 aliphatic heterocycles. The van der Waals surface area contributed by atoms with E-state index in [-0.39, 0.29) is 17.9 Å². The molecule has 3 N–H and O–H groups in total. The fourth-order valence-corrected chi connectivity index (χ4v) is 6.64. The molecule has 1 amide bonds. The maximum atomic E-state index is 12.4. The maximum Gasteiger partial charge on any atom is 0.355 e. The summed E-state index contributed by atoms with van der Waals surface area (Å²) >= 11 is 0. The van der Waals surface area contributed by atoms with E-state index >= 15 is 0 Å². The fourth-order valence-electron chi connectivity index (χ4n) is 6.64. The van der Waals surface area contributed by atoms with Crippen LogP contribution in [0.1, 0.15) is 78.9 Å². The summed E-state index contributed by atoms with van der Waals surface area (Å²) in [5.41, 5.74) is 2.70. The molecule has 5 rings (SSSR count). The molecule has 0 spiro atoms. The Morgan fingerprint density at radius 2 is 1.75 bits per heavy atom. The quantitative estimate of drug-likeness (QED) is 0.653. The van der Waals surface area contributed by atoms with E-state index in [1.165, 1.54) is 38.5 Å². The van der Waals surface area contributed by atoms with Crippen LogP contribution in [0, 0.1) is 37.0 Å². The predicted octanol–water partition coefficient (Wildman–Crippen LogP) is 3.17. The highest BCUT2D eigenvalue weighted by Crippen LogP contribution is 2.59. The standard InChI is InChI=1S/C22H32N2O4/c1-12-19(14(3)25)13(2)24-20(12)21(27)28-10-18(26)23-11-22-7-15-4-16(8-22)6-17(5-15)9-22/h14-17,24-25H,4-11H2,1-3H3,(H,23,26)/t14-,15?,16?,17?,22?/m1/s1. The zero-order valence-corrected chi connectivity index (χ0v) is 17.1. The van der Waals surface area contributed by atoms with E-state index in [0.717, 1.165) is 23.4 Å². The molecule has 0 unspecified atom stereocenters. The molecule has 1 heterocycles. The third-order valence-electron chi connectivity index (χ3n) is 7.28. The first-order valence-corrected chi connectivity index (χ1v) is 10.6. The highest BCUT2D eigenvalue weighted by molar-refractivity contribution is 5.91. The molecule has 4 aliphatic rings. The second kappa shape index (κ2) is 7.21. The van der Waals surface area contributed by atoms with Gasteiger partial charge in [0.2, 0.25) is 0 Å². The highest BCUT2D eigenvalue weighted by Gasteiger charge is 2.50. The number of H-pyrrole nitrogens is 1. The van der Waals surface area contributed by atoms with Crippen LogP contribution < -0.4 is 5.32 Å². The first kappa shape index (κ1) is 19.5. The summed E-state index contributed by atoms with van der Waals surface area (Å²) < 4.78 is 5.23. The number of aryl methyl sites for hydroxylation is 1. The van der Waals surface area contributed by atoms with Gasteiger partial charge in [0.25, 0.3) is 5.91 Å². The third kappa shape index (κ3) is 3.59. The lowest BCUT2D eigenvalue weighted by Crippen LogP contribution is -2.51. The number of aliphatic hydroxyl groups is 1. The zero-order chi connectivity index (χ0) is 20.1. The maximum absolute atomic E-state index is 12.4. The summed E-state index contributed by atoms with van der Waals surface area (Å²) in [5.74, 6) is 1.76. The number of amides is 1. The number of carbonyl (C=O) groups is 2. The monoisotopic (exact) mass is 388 g/mol. The van der Waals surface area contributed by atoms with Gasteiger partial charge in [-0.1, -0.05) is 0 Å². The van der Waals surface area contributed by atoms with Gasteiger partial charge in [-0.2, -0.15) is 0 Å². The molecule has 154 valence electrons. The number of hydrogen-bond donors (Lipinski definition) is 3. The normalized spacial score (nSPS) is 31.6. The fraction of sp³-hybridized carbons (Fsp3) is 0.727. The van der Waals surface area contributed by atoms with Crippen molar-refractivity contribution in [2.45, 2.75) is 65.4 Å². The minimum absolute atomic E-state index is 0.235. The van der Waals surface area contributed by atoms with Crippen molar-refractivity contribution < 1.29 is 19.4 Å². The molecule has 1 atom stereocenters. The van der Waals surface area contributed by atoms with Crippen LogP contribution in [0.25, 0.3) is 0 Å². The van der Waals surface area contributed by atoms with Crippen LogP contribution in [0.5, 0.6) is 0 Å². The lowest BCUT2D eigenvalue weighted by molar-refractivity contribution is -0.126. The highest BCUT2D eigenvalue weighted by atomic mass is 16.5. The average molecular weight is 389 g/mol. The Bertz CT molecular complexity index is 744. The number of aromatic nitrogens is 1. The molecule has 0 radical (unpaired) electrons. The lowest BCUT2D eigenvalue weighted by Gasteiger charge is -2.56. The Kier molecular flexibility index (Phi) is 5.02. The summed E-state index contributed by atoms with van der Waals surface area (Å²) in [7, 11) is 0. The van der Waals surface area contributed by atoms with Crippen molar-refractivity contribution in [1.29, 1.82) is 0 Å². The first-order valence-electron chi connectivity index (χ1n) is 10.6. The number of aliphatic hydroxyl groups excluding tert-OH is 1. The SMILES string of the molecule is Cc1[nH]c(C(=O)OCC(=O)NCC23CC4CC(CC(C4)C2)C3)c(C)c1[C@@H](C)O. The van der Waals surface area contributed by atoms with Crippen molar-refractivity contribution >= 4 is 11.9 Å². The van der Waals surface area contributed by atoms with Crippen molar-refractivity contribution in [2.75, 3.05) is 13.2 Å². The van der Waals surface area contributed by atoms with E-state index in [1.807, 2.05) is 6.92 Å². The molecule has 6 heteroatoms. The Morgan fingerprint density at radius 1 is 1.18 bits per heavy atom. The summed E-state index contributed by atoms with van der Waals surface area (Å²) in [5, 5.41) is 12.9. The Labute approximate surface area is 166 Å². The van der Waals surface area contributed by atoms with Gasteiger partial charge in [-0.3, -0.25) is 4.79 Å². The Morgan fingerprint density at radius 3 is 2.25 bits per heavy atom. The molecule has 1 aromatic rings. The van der Waals surface area contributed by atoms with Crippen molar-refractivity contribution in [3.05, 3.63) is 22.5 Å². The van der Waals surface area contributed by atoms with Gasteiger partial charge in [0.1, 0.15) is 5.69 Å². The van der Waals surface area contributed by atoms with Crippen molar-refractivity contribution in [1.82, 2.24) is 10.3 Å². The van der Waals surface area contributed by atoms with Crippen molar-refractivity contribution in [3.63, 3.8) is 0 Å². The van der Waals surface area contributed by atoms with Crippen LogP contribution in [0.15, 0.2) is 0 Å². The van der Waals surface area contributed by atoms with Gasteiger partial charge in [0.15, 0.2) is 6.61 Å². The molecule has 0 saturated heterocycles. The number of carbonyl (C=O) groups excluding carboxylic acids is 2. The van der Waals surface area contributed by atoms with Crippen LogP contribution in [0.4, 0.5) is 0 Å². The summed E-state index contributed by atoms with van der Waals surface area (Å²) in [6, 6.07) is 0. The predicted molar refractivity (Wildman–Crippen MR) is 105 cm³/mol. The molecule has 6 nitrogen and oxygen atoms in total. The first-order chi connectivity index (χ1) is 13.3. The zero-order valence-electron chi connectivity index (χ0n) is 17.1. The molecule has 4 bridgehead atoms. The van der Waals surface area contributed by atoms with E-state index < -0.39 is 12.1 Å². The Hall–Kier alpha value is -1.82. The van der Waals surface area contributed by atoms with E-state index in [0.29, 0.717) is 23.4 Å². The van der Waals surface area contributed by atoms with E-state index in [9.17, 15) is 14.7 Å². The summed E-state index contributed by atoms with van der Waals surface area (Å²) in [6.07, 6.45) is 7.20. The molecular formula is C22H32N2O4. The van der Waals surface area contributed by atoms with Gasteiger partial charge in [0.05, 0.1) is 6.10 Å². The summed E-state index contributed by atoms with van der Waals surface area (Å²) in [6.45, 7) is 5.68. The molecule has 1 aromatic heterocycles. The second-order valence-corrected chi connectivity index (χ2v) is 9.61. The van der Waals surface area contributed by atoms with Gasteiger partial charge >= 0.3 is 5.97 Å². The molecule has 4 saturated carbocycles. The summed E-state index contributed by atoms with van der Waals surface area (Å²) in [4.78, 5) is 27.6. The minimum atomic E-state index is -0.665. The van der Waals surface area contributed by atoms with E-state index in [2.05, 4.69) is 10.3 Å². The molecule has 28 heavy (non-hydrogen) atoms. The second-order valence-electron chi connectivity index (χ2n) is 9.61. The van der Waals surface area contributed by atoms with Crippen LogP contribution in [-0.2, 0) is 9.53 Å². The number of esters is 1.